The van der Waals surface area contributed by atoms with Gasteiger partial charge in [-0.1, -0.05) is 13.3 Å². The van der Waals surface area contributed by atoms with Gasteiger partial charge in [-0.2, -0.15) is 0 Å². The van der Waals surface area contributed by atoms with Gasteiger partial charge < -0.3 is 10.6 Å². The maximum Gasteiger partial charge on any atom is 0.151 e. The molecule has 1 aromatic carbocycles. The topological polar surface area (TPSA) is 24.1 Å². The molecule has 0 amide bonds. The SMILES string of the molecule is CCCC1CCNc2c(F)cc(F)cc2N1. The van der Waals surface area contributed by atoms with E-state index in [1.807, 2.05) is 0 Å². The fourth-order valence-electron chi connectivity index (χ4n) is 2.10. The predicted octanol–water partition coefficient (Wildman–Crippen LogP) is 3.36. The van der Waals surface area contributed by atoms with Crippen LogP contribution in [0, 0.1) is 11.6 Å². The summed E-state index contributed by atoms with van der Waals surface area (Å²) in [5.41, 5.74) is 0.924. The molecule has 0 bridgehead atoms. The van der Waals surface area contributed by atoms with Crippen LogP contribution in [0.15, 0.2) is 12.1 Å². The standard InChI is InChI=1S/C12H16F2N2/c1-2-3-9-4-5-15-12-10(14)6-8(13)7-11(12)16-9/h6-7,9,15-16H,2-5H2,1H3. The Labute approximate surface area is 94.0 Å². The summed E-state index contributed by atoms with van der Waals surface area (Å²) >= 11 is 0. The first-order valence-corrected chi connectivity index (χ1v) is 5.70. The summed E-state index contributed by atoms with van der Waals surface area (Å²) in [6.45, 7) is 2.82. The molecule has 4 heteroatoms. The van der Waals surface area contributed by atoms with Gasteiger partial charge in [-0.3, -0.25) is 0 Å². The summed E-state index contributed by atoms with van der Waals surface area (Å²) in [6, 6.07) is 2.55. The number of anilines is 2. The fraction of sp³-hybridized carbons (Fsp3) is 0.500. The van der Waals surface area contributed by atoms with E-state index in [9.17, 15) is 8.78 Å². The molecule has 88 valence electrons. The van der Waals surface area contributed by atoms with E-state index in [-0.39, 0.29) is 0 Å². The maximum atomic E-state index is 13.5. The molecule has 16 heavy (non-hydrogen) atoms. The Balaban J connectivity index is 2.28. The zero-order valence-electron chi connectivity index (χ0n) is 9.32. The molecule has 2 rings (SSSR count). The predicted molar refractivity (Wildman–Crippen MR) is 61.8 cm³/mol. The quantitative estimate of drug-likeness (QED) is 0.808. The van der Waals surface area contributed by atoms with Crippen molar-refractivity contribution in [3.63, 3.8) is 0 Å². The molecule has 0 spiro atoms. The average Bonchev–Trinajstić information content (AvgIpc) is 2.40. The van der Waals surface area contributed by atoms with Crippen LogP contribution in [0.2, 0.25) is 0 Å². The van der Waals surface area contributed by atoms with Crippen LogP contribution in [0.4, 0.5) is 20.2 Å². The summed E-state index contributed by atoms with van der Waals surface area (Å²) in [5, 5.41) is 6.20. The Bertz CT molecular complexity index is 380. The summed E-state index contributed by atoms with van der Waals surface area (Å²) in [5.74, 6) is -1.07. The van der Waals surface area contributed by atoms with Gasteiger partial charge in [0.25, 0.3) is 0 Å². The van der Waals surface area contributed by atoms with Gasteiger partial charge in [-0.25, -0.2) is 8.78 Å². The van der Waals surface area contributed by atoms with E-state index >= 15 is 0 Å². The molecule has 1 aliphatic heterocycles. The van der Waals surface area contributed by atoms with Gasteiger partial charge in [-0.15, -0.1) is 0 Å². The molecule has 0 fully saturated rings. The second-order valence-electron chi connectivity index (χ2n) is 4.16. The molecule has 2 N–H and O–H groups in total. The van der Waals surface area contributed by atoms with Crippen LogP contribution >= 0.6 is 0 Å². The highest BCUT2D eigenvalue weighted by Gasteiger charge is 2.18. The third-order valence-corrected chi connectivity index (χ3v) is 2.85. The van der Waals surface area contributed by atoms with Gasteiger partial charge in [0.05, 0.1) is 11.4 Å². The van der Waals surface area contributed by atoms with E-state index in [0.29, 0.717) is 24.0 Å². The first-order chi connectivity index (χ1) is 7.70. The van der Waals surface area contributed by atoms with E-state index in [4.69, 9.17) is 0 Å². The highest BCUT2D eigenvalue weighted by atomic mass is 19.1. The van der Waals surface area contributed by atoms with Gasteiger partial charge in [0, 0.05) is 18.7 Å². The summed E-state index contributed by atoms with van der Waals surface area (Å²) in [4.78, 5) is 0. The van der Waals surface area contributed by atoms with Gasteiger partial charge in [0.2, 0.25) is 0 Å². The largest absolute Gasteiger partial charge is 0.381 e. The van der Waals surface area contributed by atoms with Crippen molar-refractivity contribution in [2.24, 2.45) is 0 Å². The lowest BCUT2D eigenvalue weighted by Gasteiger charge is -2.16. The van der Waals surface area contributed by atoms with Crippen LogP contribution in [-0.4, -0.2) is 12.6 Å². The smallest absolute Gasteiger partial charge is 0.151 e. The molecule has 0 saturated heterocycles. The fourth-order valence-corrected chi connectivity index (χ4v) is 2.10. The Hall–Kier alpha value is -1.32. The first kappa shape index (κ1) is 11.2. The van der Waals surface area contributed by atoms with Crippen molar-refractivity contribution in [3.05, 3.63) is 23.8 Å². The van der Waals surface area contributed by atoms with Crippen LogP contribution in [0.5, 0.6) is 0 Å². The minimum atomic E-state index is -0.539. The third kappa shape index (κ3) is 2.26. The monoisotopic (exact) mass is 226 g/mol. The normalized spacial score (nSPS) is 19.3. The highest BCUT2D eigenvalue weighted by molar-refractivity contribution is 5.70. The Morgan fingerprint density at radius 1 is 1.38 bits per heavy atom. The molecule has 1 atom stereocenters. The zero-order valence-corrected chi connectivity index (χ0v) is 9.32. The molecule has 0 aromatic heterocycles. The third-order valence-electron chi connectivity index (χ3n) is 2.85. The summed E-state index contributed by atoms with van der Waals surface area (Å²) in [6.07, 6.45) is 2.99. The summed E-state index contributed by atoms with van der Waals surface area (Å²) < 4.78 is 26.6. The van der Waals surface area contributed by atoms with Crippen molar-refractivity contribution in [2.75, 3.05) is 17.2 Å². The van der Waals surface area contributed by atoms with E-state index in [1.165, 1.54) is 6.07 Å². The number of nitrogens with one attached hydrogen (secondary N) is 2. The number of hydrogen-bond acceptors (Lipinski definition) is 2. The van der Waals surface area contributed by atoms with Crippen LogP contribution in [-0.2, 0) is 0 Å². The van der Waals surface area contributed by atoms with Crippen LogP contribution in [0.1, 0.15) is 26.2 Å². The number of fused-ring (bicyclic) bond motifs is 1. The van der Waals surface area contributed by atoms with Crippen molar-refractivity contribution in [3.8, 4) is 0 Å². The van der Waals surface area contributed by atoms with E-state index in [0.717, 1.165) is 25.3 Å². The van der Waals surface area contributed by atoms with Gasteiger partial charge in [0.15, 0.2) is 5.82 Å². The average molecular weight is 226 g/mol. The molecule has 1 aliphatic rings. The van der Waals surface area contributed by atoms with Crippen molar-refractivity contribution in [2.45, 2.75) is 32.2 Å². The number of rotatable bonds is 2. The van der Waals surface area contributed by atoms with E-state index in [1.54, 1.807) is 0 Å². The summed E-state index contributed by atoms with van der Waals surface area (Å²) in [7, 11) is 0. The molecule has 2 nitrogen and oxygen atoms in total. The minimum Gasteiger partial charge on any atom is -0.381 e. The van der Waals surface area contributed by atoms with E-state index in [2.05, 4.69) is 17.6 Å². The van der Waals surface area contributed by atoms with Crippen LogP contribution in [0.3, 0.4) is 0 Å². The molecular formula is C12H16F2N2. The second kappa shape index (κ2) is 4.68. The molecule has 1 aromatic rings. The molecule has 1 unspecified atom stereocenters. The second-order valence-corrected chi connectivity index (χ2v) is 4.16. The lowest BCUT2D eigenvalue weighted by atomic mass is 10.1. The van der Waals surface area contributed by atoms with Gasteiger partial charge in [-0.05, 0) is 18.9 Å². The zero-order chi connectivity index (χ0) is 11.5. The molecular weight excluding hydrogens is 210 g/mol. The molecule has 1 heterocycles. The van der Waals surface area contributed by atoms with Crippen molar-refractivity contribution < 1.29 is 8.78 Å². The van der Waals surface area contributed by atoms with E-state index < -0.39 is 11.6 Å². The number of halogens is 2. The Kier molecular flexibility index (Phi) is 3.27. The molecule has 0 radical (unpaired) electrons. The van der Waals surface area contributed by atoms with Crippen molar-refractivity contribution in [1.82, 2.24) is 0 Å². The molecule has 0 saturated carbocycles. The van der Waals surface area contributed by atoms with Gasteiger partial charge in [0.1, 0.15) is 5.82 Å². The first-order valence-electron chi connectivity index (χ1n) is 5.70. The lowest BCUT2D eigenvalue weighted by molar-refractivity contribution is 0.586. The minimum absolute atomic E-state index is 0.292. The number of benzene rings is 1. The number of hydrogen-bond donors (Lipinski definition) is 2. The van der Waals surface area contributed by atoms with Crippen molar-refractivity contribution >= 4 is 11.4 Å². The lowest BCUT2D eigenvalue weighted by Crippen LogP contribution is -2.19. The Morgan fingerprint density at radius 3 is 2.94 bits per heavy atom. The van der Waals surface area contributed by atoms with Crippen LogP contribution in [0.25, 0.3) is 0 Å². The van der Waals surface area contributed by atoms with Gasteiger partial charge >= 0.3 is 0 Å². The van der Waals surface area contributed by atoms with Crippen molar-refractivity contribution in [1.29, 1.82) is 0 Å². The maximum absolute atomic E-state index is 13.5. The van der Waals surface area contributed by atoms with Crippen LogP contribution < -0.4 is 10.6 Å². The molecule has 0 aliphatic carbocycles. The Morgan fingerprint density at radius 2 is 2.19 bits per heavy atom. The highest BCUT2D eigenvalue weighted by Crippen LogP contribution is 2.30.